The summed E-state index contributed by atoms with van der Waals surface area (Å²) in [5.74, 6) is 0.721. The molecule has 2 atom stereocenters. The number of esters is 1. The number of rotatable bonds is 5. The van der Waals surface area contributed by atoms with Crippen LogP contribution in [0, 0.1) is 5.92 Å². The summed E-state index contributed by atoms with van der Waals surface area (Å²) < 4.78 is 4.99. The SMILES string of the molecule is CCOC(=O)C(NC(=O)[C@@H]1CCCCS1)C(C)C. The van der Waals surface area contributed by atoms with Gasteiger partial charge in [0.2, 0.25) is 5.91 Å². The molecule has 1 amide bonds. The first-order valence-corrected chi connectivity index (χ1v) is 7.69. The van der Waals surface area contributed by atoms with Crippen molar-refractivity contribution in [1.82, 2.24) is 5.32 Å². The topological polar surface area (TPSA) is 55.4 Å². The van der Waals surface area contributed by atoms with E-state index in [2.05, 4.69) is 5.32 Å². The van der Waals surface area contributed by atoms with Crippen LogP contribution < -0.4 is 5.32 Å². The molecule has 1 rings (SSSR count). The summed E-state index contributed by atoms with van der Waals surface area (Å²) in [6.45, 7) is 5.94. The summed E-state index contributed by atoms with van der Waals surface area (Å²) in [5, 5.41) is 2.83. The van der Waals surface area contributed by atoms with Crippen LogP contribution in [0.15, 0.2) is 0 Å². The Balaban J connectivity index is 2.54. The molecular formula is C13H23NO3S. The quantitative estimate of drug-likeness (QED) is 0.778. The summed E-state index contributed by atoms with van der Waals surface area (Å²) in [7, 11) is 0. The van der Waals surface area contributed by atoms with Crippen LogP contribution in [0.5, 0.6) is 0 Å². The van der Waals surface area contributed by atoms with Crippen molar-refractivity contribution in [3.8, 4) is 0 Å². The van der Waals surface area contributed by atoms with Crippen molar-refractivity contribution in [1.29, 1.82) is 0 Å². The highest BCUT2D eigenvalue weighted by Gasteiger charge is 2.29. The van der Waals surface area contributed by atoms with Gasteiger partial charge in [-0.15, -0.1) is 11.8 Å². The molecule has 0 aliphatic carbocycles. The van der Waals surface area contributed by atoms with E-state index in [0.717, 1.165) is 18.6 Å². The lowest BCUT2D eigenvalue weighted by molar-refractivity contribution is -0.148. The van der Waals surface area contributed by atoms with Crippen molar-refractivity contribution >= 4 is 23.6 Å². The van der Waals surface area contributed by atoms with Crippen LogP contribution in [0.25, 0.3) is 0 Å². The monoisotopic (exact) mass is 273 g/mol. The molecule has 1 fully saturated rings. The third-order valence-electron chi connectivity index (χ3n) is 2.98. The van der Waals surface area contributed by atoms with Crippen LogP contribution in [0.4, 0.5) is 0 Å². The summed E-state index contributed by atoms with van der Waals surface area (Å²) in [6, 6.07) is -0.528. The number of hydrogen-bond donors (Lipinski definition) is 1. The molecule has 104 valence electrons. The van der Waals surface area contributed by atoms with Gasteiger partial charge in [-0.1, -0.05) is 20.3 Å². The van der Waals surface area contributed by atoms with E-state index in [1.807, 2.05) is 13.8 Å². The molecule has 1 saturated heterocycles. The van der Waals surface area contributed by atoms with Crippen molar-refractivity contribution in [3.63, 3.8) is 0 Å². The number of carbonyl (C=O) groups excluding carboxylic acids is 2. The van der Waals surface area contributed by atoms with E-state index in [1.54, 1.807) is 18.7 Å². The predicted molar refractivity (Wildman–Crippen MR) is 73.5 cm³/mol. The Kier molecular flexibility index (Phi) is 6.54. The van der Waals surface area contributed by atoms with Gasteiger partial charge in [-0.25, -0.2) is 4.79 Å². The molecule has 1 N–H and O–H groups in total. The van der Waals surface area contributed by atoms with E-state index in [9.17, 15) is 9.59 Å². The van der Waals surface area contributed by atoms with Gasteiger partial charge in [0.1, 0.15) is 6.04 Å². The molecule has 0 saturated carbocycles. The average molecular weight is 273 g/mol. The first kappa shape index (κ1) is 15.3. The van der Waals surface area contributed by atoms with E-state index >= 15 is 0 Å². The molecule has 0 radical (unpaired) electrons. The van der Waals surface area contributed by atoms with Crippen molar-refractivity contribution in [2.45, 2.75) is 51.3 Å². The van der Waals surface area contributed by atoms with Crippen LogP contribution in [0.1, 0.15) is 40.0 Å². The second-order valence-electron chi connectivity index (χ2n) is 4.84. The van der Waals surface area contributed by atoms with Crippen LogP contribution in [0.2, 0.25) is 0 Å². The minimum Gasteiger partial charge on any atom is -0.464 e. The predicted octanol–water partition coefficient (Wildman–Crippen LogP) is 1.98. The maximum absolute atomic E-state index is 12.1. The van der Waals surface area contributed by atoms with Crippen molar-refractivity contribution in [2.24, 2.45) is 5.92 Å². The zero-order chi connectivity index (χ0) is 13.5. The largest absolute Gasteiger partial charge is 0.464 e. The Morgan fingerprint density at radius 2 is 2.11 bits per heavy atom. The molecule has 18 heavy (non-hydrogen) atoms. The van der Waals surface area contributed by atoms with Crippen LogP contribution in [0.3, 0.4) is 0 Å². The van der Waals surface area contributed by atoms with E-state index in [1.165, 1.54) is 6.42 Å². The van der Waals surface area contributed by atoms with Gasteiger partial charge >= 0.3 is 5.97 Å². The number of amides is 1. The van der Waals surface area contributed by atoms with Crippen molar-refractivity contribution < 1.29 is 14.3 Å². The average Bonchev–Trinajstić information content (AvgIpc) is 2.36. The standard InChI is InChI=1S/C13H23NO3S/c1-4-17-13(16)11(9(2)3)14-12(15)10-7-5-6-8-18-10/h9-11H,4-8H2,1-3H3,(H,14,15)/t10-,11?/m0/s1. The molecule has 0 spiro atoms. The molecule has 5 heteroatoms. The second-order valence-corrected chi connectivity index (χ2v) is 6.15. The Labute approximate surface area is 113 Å². The number of carbonyl (C=O) groups is 2. The number of hydrogen-bond acceptors (Lipinski definition) is 4. The molecule has 0 aromatic heterocycles. The molecule has 0 aromatic rings. The maximum atomic E-state index is 12.1. The zero-order valence-corrected chi connectivity index (χ0v) is 12.2. The van der Waals surface area contributed by atoms with Gasteiger partial charge < -0.3 is 10.1 Å². The minimum absolute atomic E-state index is 0.00516. The zero-order valence-electron chi connectivity index (χ0n) is 11.4. The normalized spacial score (nSPS) is 21.4. The molecular weight excluding hydrogens is 250 g/mol. The molecule has 0 bridgehead atoms. The summed E-state index contributed by atoms with van der Waals surface area (Å²) in [5.41, 5.74) is 0. The van der Waals surface area contributed by atoms with Gasteiger partial charge in [-0.2, -0.15) is 0 Å². The van der Waals surface area contributed by atoms with Crippen molar-refractivity contribution in [3.05, 3.63) is 0 Å². The first-order valence-electron chi connectivity index (χ1n) is 6.64. The van der Waals surface area contributed by atoms with Crippen LogP contribution in [-0.2, 0) is 14.3 Å². The van der Waals surface area contributed by atoms with Crippen LogP contribution in [-0.4, -0.2) is 35.5 Å². The maximum Gasteiger partial charge on any atom is 0.328 e. The highest BCUT2D eigenvalue weighted by atomic mass is 32.2. The Morgan fingerprint density at radius 3 is 2.61 bits per heavy atom. The third-order valence-corrected chi connectivity index (χ3v) is 4.35. The number of ether oxygens (including phenoxy) is 1. The molecule has 4 nitrogen and oxygen atoms in total. The van der Waals surface area contributed by atoms with E-state index in [4.69, 9.17) is 4.74 Å². The lowest BCUT2D eigenvalue weighted by Gasteiger charge is -2.25. The number of nitrogens with one attached hydrogen (secondary N) is 1. The van der Waals surface area contributed by atoms with Gasteiger partial charge in [0.05, 0.1) is 11.9 Å². The molecule has 1 heterocycles. The smallest absolute Gasteiger partial charge is 0.328 e. The van der Waals surface area contributed by atoms with E-state index in [-0.39, 0.29) is 23.0 Å². The highest BCUT2D eigenvalue weighted by Crippen LogP contribution is 2.25. The molecule has 1 aliphatic rings. The van der Waals surface area contributed by atoms with Gasteiger partial charge in [0.25, 0.3) is 0 Å². The van der Waals surface area contributed by atoms with Gasteiger partial charge in [0, 0.05) is 0 Å². The first-order chi connectivity index (χ1) is 8.56. The molecule has 0 aromatic carbocycles. The third kappa shape index (κ3) is 4.52. The lowest BCUT2D eigenvalue weighted by Crippen LogP contribution is -2.48. The van der Waals surface area contributed by atoms with Gasteiger partial charge in [0.15, 0.2) is 0 Å². The second kappa shape index (κ2) is 7.67. The fourth-order valence-corrected chi connectivity index (χ4v) is 3.13. The van der Waals surface area contributed by atoms with Gasteiger partial charge in [-0.3, -0.25) is 4.79 Å². The summed E-state index contributed by atoms with van der Waals surface area (Å²) in [4.78, 5) is 23.8. The van der Waals surface area contributed by atoms with Gasteiger partial charge in [-0.05, 0) is 31.4 Å². The fraction of sp³-hybridized carbons (Fsp3) is 0.846. The van der Waals surface area contributed by atoms with Crippen LogP contribution >= 0.6 is 11.8 Å². The molecule has 1 unspecified atom stereocenters. The Bertz CT molecular complexity index is 288. The lowest BCUT2D eigenvalue weighted by atomic mass is 10.0. The van der Waals surface area contributed by atoms with E-state index in [0.29, 0.717) is 6.61 Å². The number of thioether (sulfide) groups is 1. The Morgan fingerprint density at radius 1 is 1.39 bits per heavy atom. The molecule has 1 aliphatic heterocycles. The van der Waals surface area contributed by atoms with Crippen molar-refractivity contribution in [2.75, 3.05) is 12.4 Å². The summed E-state index contributed by atoms with van der Waals surface area (Å²) >= 11 is 1.69. The fourth-order valence-electron chi connectivity index (χ4n) is 1.92. The minimum atomic E-state index is -0.528. The Hall–Kier alpha value is -0.710. The highest BCUT2D eigenvalue weighted by molar-refractivity contribution is 8.00. The van der Waals surface area contributed by atoms with E-state index < -0.39 is 6.04 Å². The summed E-state index contributed by atoms with van der Waals surface area (Å²) in [6.07, 6.45) is 3.18.